The molecule has 1 amide bonds. The lowest BCUT2D eigenvalue weighted by Crippen LogP contribution is -2.28. The highest BCUT2D eigenvalue weighted by Gasteiger charge is 1.98. The van der Waals surface area contributed by atoms with Crippen molar-refractivity contribution < 1.29 is 9.53 Å². The number of amides is 1. The molecule has 4 nitrogen and oxygen atoms in total. The fourth-order valence-corrected chi connectivity index (χ4v) is 1.12. The van der Waals surface area contributed by atoms with Crippen LogP contribution in [0.2, 0.25) is 0 Å². The van der Waals surface area contributed by atoms with Crippen LogP contribution in [0, 0.1) is 0 Å². The highest BCUT2D eigenvalue weighted by atomic mass is 16.5. The van der Waals surface area contributed by atoms with Crippen LogP contribution in [0.4, 0.5) is 0 Å². The molecule has 90 valence electrons. The minimum atomic E-state index is 0.133. The maximum atomic E-state index is 11.2. The summed E-state index contributed by atoms with van der Waals surface area (Å²) in [6.45, 7) is 8.06. The zero-order chi connectivity index (χ0) is 11.4. The molecular weight excluding hydrogens is 192 g/mol. The molecule has 0 bridgehead atoms. The molecule has 0 aliphatic rings. The van der Waals surface area contributed by atoms with Crippen LogP contribution in [-0.2, 0) is 9.53 Å². The molecule has 0 saturated carbocycles. The van der Waals surface area contributed by atoms with E-state index in [1.54, 1.807) is 0 Å². The molecule has 0 aromatic carbocycles. The first-order chi connectivity index (χ1) is 7.31. The summed E-state index contributed by atoms with van der Waals surface area (Å²) in [5.74, 6) is 0.133. The molecule has 0 aliphatic heterocycles. The zero-order valence-corrected chi connectivity index (χ0v) is 9.97. The van der Waals surface area contributed by atoms with Crippen LogP contribution in [0.3, 0.4) is 0 Å². The number of carbonyl (C=O) groups is 1. The summed E-state index contributed by atoms with van der Waals surface area (Å²) in [6.07, 6.45) is 2.56. The third-order valence-electron chi connectivity index (χ3n) is 1.95. The predicted molar refractivity (Wildman–Crippen MR) is 61.9 cm³/mol. The fourth-order valence-electron chi connectivity index (χ4n) is 1.12. The Morgan fingerprint density at radius 2 is 2.00 bits per heavy atom. The van der Waals surface area contributed by atoms with Crippen LogP contribution in [0.1, 0.15) is 33.1 Å². The monoisotopic (exact) mass is 216 g/mol. The summed E-state index contributed by atoms with van der Waals surface area (Å²) < 4.78 is 5.19. The van der Waals surface area contributed by atoms with Gasteiger partial charge in [-0.1, -0.05) is 6.92 Å². The van der Waals surface area contributed by atoms with Crippen LogP contribution in [-0.4, -0.2) is 38.8 Å². The van der Waals surface area contributed by atoms with Crippen molar-refractivity contribution in [3.8, 4) is 0 Å². The molecule has 0 atom stereocenters. The molecule has 0 fully saturated rings. The molecule has 0 aliphatic carbocycles. The van der Waals surface area contributed by atoms with Crippen molar-refractivity contribution in [1.29, 1.82) is 0 Å². The van der Waals surface area contributed by atoms with Crippen LogP contribution < -0.4 is 10.6 Å². The standard InChI is InChI=1S/C11H24N2O2/c1-3-7-13-11(14)6-9-12-8-5-10-15-4-2/h12H,3-10H2,1-2H3,(H,13,14). The van der Waals surface area contributed by atoms with Crippen LogP contribution in [0.25, 0.3) is 0 Å². The Hall–Kier alpha value is -0.610. The Morgan fingerprint density at radius 1 is 1.20 bits per heavy atom. The average Bonchev–Trinajstić information content (AvgIpc) is 2.25. The second-order valence-electron chi connectivity index (χ2n) is 3.40. The van der Waals surface area contributed by atoms with E-state index in [0.29, 0.717) is 6.42 Å². The lowest BCUT2D eigenvalue weighted by molar-refractivity contribution is -0.120. The highest BCUT2D eigenvalue weighted by molar-refractivity contribution is 5.75. The number of carbonyl (C=O) groups excluding carboxylic acids is 1. The van der Waals surface area contributed by atoms with Gasteiger partial charge in [0.25, 0.3) is 0 Å². The maximum absolute atomic E-state index is 11.2. The number of nitrogens with one attached hydrogen (secondary N) is 2. The predicted octanol–water partition coefficient (Wildman–Crippen LogP) is 0.919. The Bertz CT molecular complexity index is 152. The Balaban J connectivity index is 3.06. The van der Waals surface area contributed by atoms with Crippen molar-refractivity contribution in [3.05, 3.63) is 0 Å². The van der Waals surface area contributed by atoms with Gasteiger partial charge in [0.15, 0.2) is 0 Å². The summed E-state index contributed by atoms with van der Waals surface area (Å²) in [4.78, 5) is 11.2. The van der Waals surface area contributed by atoms with Gasteiger partial charge in [-0.2, -0.15) is 0 Å². The van der Waals surface area contributed by atoms with Gasteiger partial charge in [0.05, 0.1) is 0 Å². The number of hydrogen-bond donors (Lipinski definition) is 2. The SMILES string of the molecule is CCCNC(=O)CCNCCCOCC. The number of rotatable bonds is 10. The number of hydrogen-bond acceptors (Lipinski definition) is 3. The van der Waals surface area contributed by atoms with Gasteiger partial charge in [-0.25, -0.2) is 0 Å². The summed E-state index contributed by atoms with van der Waals surface area (Å²) >= 11 is 0. The van der Waals surface area contributed by atoms with Gasteiger partial charge in [0.1, 0.15) is 0 Å². The summed E-state index contributed by atoms with van der Waals surface area (Å²) in [5, 5.41) is 6.05. The minimum absolute atomic E-state index is 0.133. The molecule has 0 unspecified atom stereocenters. The van der Waals surface area contributed by atoms with Crippen molar-refractivity contribution in [2.24, 2.45) is 0 Å². The van der Waals surface area contributed by atoms with E-state index in [1.807, 2.05) is 13.8 Å². The second kappa shape index (κ2) is 11.5. The van der Waals surface area contributed by atoms with E-state index in [1.165, 1.54) is 0 Å². The summed E-state index contributed by atoms with van der Waals surface area (Å²) in [7, 11) is 0. The van der Waals surface area contributed by atoms with Gasteiger partial charge in [0.2, 0.25) is 5.91 Å². The van der Waals surface area contributed by atoms with Crippen LogP contribution in [0.15, 0.2) is 0 Å². The van der Waals surface area contributed by atoms with Crippen molar-refractivity contribution in [2.75, 3.05) is 32.8 Å². The average molecular weight is 216 g/mol. The summed E-state index contributed by atoms with van der Waals surface area (Å²) in [5.41, 5.74) is 0. The number of ether oxygens (including phenoxy) is 1. The highest BCUT2D eigenvalue weighted by Crippen LogP contribution is 1.82. The van der Waals surface area contributed by atoms with Gasteiger partial charge in [-0.15, -0.1) is 0 Å². The van der Waals surface area contributed by atoms with E-state index < -0.39 is 0 Å². The molecule has 0 rings (SSSR count). The first-order valence-corrected chi connectivity index (χ1v) is 5.86. The van der Waals surface area contributed by atoms with E-state index in [9.17, 15) is 4.79 Å². The van der Waals surface area contributed by atoms with Crippen molar-refractivity contribution in [2.45, 2.75) is 33.1 Å². The molecule has 0 radical (unpaired) electrons. The smallest absolute Gasteiger partial charge is 0.221 e. The third kappa shape index (κ3) is 11.3. The largest absolute Gasteiger partial charge is 0.382 e. The lowest BCUT2D eigenvalue weighted by atomic mass is 10.3. The first-order valence-electron chi connectivity index (χ1n) is 5.86. The molecule has 0 heterocycles. The normalized spacial score (nSPS) is 10.3. The van der Waals surface area contributed by atoms with Gasteiger partial charge >= 0.3 is 0 Å². The Morgan fingerprint density at radius 3 is 2.67 bits per heavy atom. The molecule has 15 heavy (non-hydrogen) atoms. The van der Waals surface area contributed by atoms with Crippen molar-refractivity contribution in [1.82, 2.24) is 10.6 Å². The summed E-state index contributed by atoms with van der Waals surface area (Å²) in [6, 6.07) is 0. The van der Waals surface area contributed by atoms with Crippen molar-refractivity contribution in [3.63, 3.8) is 0 Å². The first kappa shape index (κ1) is 14.4. The molecule has 0 saturated heterocycles. The third-order valence-corrected chi connectivity index (χ3v) is 1.95. The molecule has 0 aromatic heterocycles. The molecular formula is C11H24N2O2. The van der Waals surface area contributed by atoms with Crippen molar-refractivity contribution >= 4 is 5.91 Å². The van der Waals surface area contributed by atoms with Gasteiger partial charge < -0.3 is 15.4 Å². The minimum Gasteiger partial charge on any atom is -0.382 e. The van der Waals surface area contributed by atoms with Crippen LogP contribution >= 0.6 is 0 Å². The molecule has 2 N–H and O–H groups in total. The van der Waals surface area contributed by atoms with Crippen LogP contribution in [0.5, 0.6) is 0 Å². The van der Waals surface area contributed by atoms with Gasteiger partial charge in [-0.05, 0) is 26.3 Å². The van der Waals surface area contributed by atoms with E-state index >= 15 is 0 Å². The maximum Gasteiger partial charge on any atom is 0.221 e. The quantitative estimate of drug-likeness (QED) is 0.534. The second-order valence-corrected chi connectivity index (χ2v) is 3.40. The Labute approximate surface area is 92.8 Å². The van der Waals surface area contributed by atoms with Gasteiger partial charge in [-0.3, -0.25) is 4.79 Å². The fraction of sp³-hybridized carbons (Fsp3) is 0.909. The van der Waals surface area contributed by atoms with E-state index in [-0.39, 0.29) is 5.91 Å². The van der Waals surface area contributed by atoms with E-state index in [4.69, 9.17) is 4.74 Å². The topological polar surface area (TPSA) is 50.4 Å². The molecule has 4 heteroatoms. The Kier molecular flexibility index (Phi) is 11.0. The molecule has 0 aromatic rings. The van der Waals surface area contributed by atoms with Gasteiger partial charge in [0, 0.05) is 32.7 Å². The lowest BCUT2D eigenvalue weighted by Gasteiger charge is -2.05. The molecule has 0 spiro atoms. The van der Waals surface area contributed by atoms with E-state index in [0.717, 1.165) is 45.7 Å². The zero-order valence-electron chi connectivity index (χ0n) is 9.97. The van der Waals surface area contributed by atoms with E-state index in [2.05, 4.69) is 10.6 Å².